The molecule has 0 unspecified atom stereocenters. The fourth-order valence-corrected chi connectivity index (χ4v) is 5.73. The van der Waals surface area contributed by atoms with Crippen molar-refractivity contribution >= 4 is 43.9 Å². The quantitative estimate of drug-likeness (QED) is 0.211. The Morgan fingerprint density at radius 2 is 1.07 bits per heavy atom. The lowest BCUT2D eigenvalue weighted by Crippen LogP contribution is -2.00. The van der Waals surface area contributed by atoms with Crippen LogP contribution < -0.4 is 0 Å². The van der Waals surface area contributed by atoms with E-state index in [1.807, 2.05) is 91.0 Å². The molecule has 6 aromatic carbocycles. The van der Waals surface area contributed by atoms with Crippen molar-refractivity contribution in [3.63, 3.8) is 0 Å². The molecule has 3 aromatic heterocycles. The van der Waals surface area contributed by atoms with Gasteiger partial charge in [0.25, 0.3) is 0 Å². The van der Waals surface area contributed by atoms with Crippen molar-refractivity contribution in [2.45, 2.75) is 0 Å². The lowest BCUT2D eigenvalue weighted by Gasteiger charge is -2.09. The first-order valence-corrected chi connectivity index (χ1v) is 14.1. The normalized spacial score (nSPS) is 13.2. The topological polar surface area (TPSA) is 65.0 Å². The molecule has 3 heterocycles. The summed E-state index contributed by atoms with van der Waals surface area (Å²) in [6.07, 6.45) is 0. The highest BCUT2D eigenvalue weighted by Gasteiger charge is 2.18. The molecule has 0 radical (unpaired) electrons. The largest absolute Gasteiger partial charge is 0.456 e. The van der Waals surface area contributed by atoms with Gasteiger partial charge in [-0.2, -0.15) is 0 Å². The number of rotatable bonds is 4. The van der Waals surface area contributed by atoms with Gasteiger partial charge in [-0.1, -0.05) is 96.9 Å². The number of aromatic nitrogens is 3. The molecular weight excluding hydrogens is 542 g/mol. The Morgan fingerprint density at radius 1 is 0.432 bits per heavy atom. The van der Waals surface area contributed by atoms with Crippen LogP contribution in [0.25, 0.3) is 89.2 Å². The van der Waals surface area contributed by atoms with Gasteiger partial charge in [0.2, 0.25) is 0 Å². The van der Waals surface area contributed by atoms with Crippen LogP contribution in [-0.4, -0.2) is 15.0 Å². The summed E-state index contributed by atoms with van der Waals surface area (Å²) in [5.74, 6) is 1.43. The van der Waals surface area contributed by atoms with Crippen LogP contribution in [0.3, 0.4) is 0 Å². The molecule has 0 saturated carbocycles. The van der Waals surface area contributed by atoms with E-state index >= 15 is 0 Å². The van der Waals surface area contributed by atoms with Gasteiger partial charge < -0.3 is 8.83 Å². The average Bonchev–Trinajstić information content (AvgIpc) is 3.71. The van der Waals surface area contributed by atoms with Crippen LogP contribution >= 0.6 is 0 Å². The molecule has 0 aliphatic heterocycles. The fourth-order valence-electron chi connectivity index (χ4n) is 5.73. The van der Waals surface area contributed by atoms with Crippen molar-refractivity contribution in [1.82, 2.24) is 15.0 Å². The molecule has 9 aromatic rings. The molecule has 44 heavy (non-hydrogen) atoms. The van der Waals surface area contributed by atoms with E-state index < -0.39 is 6.04 Å². The summed E-state index contributed by atoms with van der Waals surface area (Å²) in [4.78, 5) is 14.8. The van der Waals surface area contributed by atoms with Crippen LogP contribution in [0.2, 0.25) is 0 Å². The van der Waals surface area contributed by atoms with Crippen LogP contribution in [0.1, 0.15) is 6.85 Å². The highest BCUT2D eigenvalue weighted by Crippen LogP contribution is 2.37. The fraction of sp³-hybridized carbons (Fsp3) is 0. The second kappa shape index (κ2) is 9.75. The number of hydrogen-bond acceptors (Lipinski definition) is 5. The Labute approximate surface area is 259 Å². The molecule has 9 rings (SSSR count). The minimum atomic E-state index is -0.429. The smallest absolute Gasteiger partial charge is 0.167 e. The average molecular weight is 571 g/mol. The van der Waals surface area contributed by atoms with Crippen molar-refractivity contribution in [2.24, 2.45) is 0 Å². The summed E-state index contributed by atoms with van der Waals surface area (Å²) in [5.41, 5.74) is 5.62. The van der Waals surface area contributed by atoms with Gasteiger partial charge in [-0.25, -0.2) is 15.0 Å². The van der Waals surface area contributed by atoms with Crippen molar-refractivity contribution in [3.8, 4) is 45.3 Å². The van der Waals surface area contributed by atoms with E-state index in [4.69, 9.17) is 30.6 Å². The minimum absolute atomic E-state index is 0.132. The van der Waals surface area contributed by atoms with Crippen molar-refractivity contribution in [3.05, 3.63) is 139 Å². The summed E-state index contributed by atoms with van der Waals surface area (Å²) in [6, 6.07) is 32.9. The summed E-state index contributed by atoms with van der Waals surface area (Å²) >= 11 is 0. The predicted molar refractivity (Wildman–Crippen MR) is 176 cm³/mol. The summed E-state index contributed by atoms with van der Waals surface area (Å²) in [7, 11) is 0. The van der Waals surface area contributed by atoms with Gasteiger partial charge >= 0.3 is 0 Å². The number of fused-ring (bicyclic) bond motifs is 6. The van der Waals surface area contributed by atoms with Crippen molar-refractivity contribution < 1.29 is 15.7 Å². The van der Waals surface area contributed by atoms with Gasteiger partial charge in [0.05, 0.1) is 12.4 Å². The molecule has 5 heteroatoms. The lowest BCUT2D eigenvalue weighted by atomic mass is 10.0. The SMILES string of the molecule is [2H]c1c([2H])c([2H])c(-c2ccc3oc4ccc(-c5nc(-c6ccccc6)nc(-c6cccc7c6oc6ccccc67)n5)cc4c3c2)c([2H])c1[2H]. The Kier molecular flexibility index (Phi) is 4.42. The molecular formula is C39H23N3O2. The van der Waals surface area contributed by atoms with Gasteiger partial charge in [0, 0.05) is 32.7 Å². The maximum atomic E-state index is 8.49. The Balaban J connectivity index is 1.25. The second-order valence-corrected chi connectivity index (χ2v) is 10.5. The zero-order valence-corrected chi connectivity index (χ0v) is 23.1. The first-order chi connectivity index (χ1) is 23.9. The van der Waals surface area contributed by atoms with Crippen LogP contribution in [0, 0.1) is 0 Å². The molecule has 206 valence electrons. The first kappa shape index (κ1) is 19.9. The third-order valence-electron chi connectivity index (χ3n) is 7.83. The highest BCUT2D eigenvalue weighted by molar-refractivity contribution is 6.09. The molecule has 0 amide bonds. The van der Waals surface area contributed by atoms with Gasteiger partial charge in [0.15, 0.2) is 17.5 Å². The van der Waals surface area contributed by atoms with Gasteiger partial charge in [0.1, 0.15) is 22.3 Å². The number of benzene rings is 6. The number of furan rings is 2. The summed E-state index contributed by atoms with van der Waals surface area (Å²) in [6.45, 7) is 0. The third kappa shape index (κ3) is 3.98. The van der Waals surface area contributed by atoms with E-state index in [0.29, 0.717) is 39.8 Å². The standard InChI is InChI=1S/C39H23N3O2/c1-3-10-24(11-4-1)26-18-20-34-31(22-26)32-23-27(19-21-35(32)43-34)38-40-37(25-12-5-2-6-13-25)41-39(42-38)30-16-9-15-29-28-14-7-8-17-33(28)44-36(29)30/h1-23H/i1D,3D,4D,10D,11D. The maximum absolute atomic E-state index is 8.49. The minimum Gasteiger partial charge on any atom is -0.456 e. The molecule has 0 N–H and O–H groups in total. The van der Waals surface area contributed by atoms with Crippen LogP contribution in [0.5, 0.6) is 0 Å². The predicted octanol–water partition coefficient (Wildman–Crippen LogP) is 10.3. The number of hydrogen-bond donors (Lipinski definition) is 0. The van der Waals surface area contributed by atoms with Gasteiger partial charge in [-0.15, -0.1) is 0 Å². The summed E-state index contributed by atoms with van der Waals surface area (Å²) in [5, 5.41) is 3.48. The molecule has 0 spiro atoms. The zero-order valence-electron chi connectivity index (χ0n) is 28.1. The first-order valence-electron chi connectivity index (χ1n) is 16.6. The Bertz CT molecular complexity index is 2760. The van der Waals surface area contributed by atoms with E-state index in [2.05, 4.69) is 0 Å². The summed E-state index contributed by atoms with van der Waals surface area (Å²) < 4.78 is 53.8. The third-order valence-corrected chi connectivity index (χ3v) is 7.83. The molecule has 0 atom stereocenters. The number of nitrogens with zero attached hydrogens (tertiary/aromatic N) is 3. The van der Waals surface area contributed by atoms with E-state index in [1.165, 1.54) is 0 Å². The van der Waals surface area contributed by atoms with E-state index in [1.54, 1.807) is 18.2 Å². The van der Waals surface area contributed by atoms with Gasteiger partial charge in [-0.05, 0) is 53.6 Å². The van der Waals surface area contributed by atoms with Gasteiger partial charge in [-0.3, -0.25) is 0 Å². The van der Waals surface area contributed by atoms with Crippen molar-refractivity contribution in [2.75, 3.05) is 0 Å². The Morgan fingerprint density at radius 3 is 1.89 bits per heavy atom. The molecule has 0 fully saturated rings. The van der Waals surface area contributed by atoms with Crippen molar-refractivity contribution in [1.29, 1.82) is 0 Å². The molecule has 0 saturated heterocycles. The highest BCUT2D eigenvalue weighted by atomic mass is 16.3. The Hall–Kier alpha value is -6.07. The van der Waals surface area contributed by atoms with E-state index in [9.17, 15) is 0 Å². The molecule has 0 aliphatic carbocycles. The monoisotopic (exact) mass is 570 g/mol. The van der Waals surface area contributed by atoms with Crippen LogP contribution in [-0.2, 0) is 0 Å². The second-order valence-electron chi connectivity index (χ2n) is 10.5. The molecule has 0 aliphatic rings. The van der Waals surface area contributed by atoms with Crippen LogP contribution in [0.15, 0.2) is 148 Å². The number of para-hydroxylation sites is 2. The van der Waals surface area contributed by atoms with Crippen LogP contribution in [0.4, 0.5) is 0 Å². The lowest BCUT2D eigenvalue weighted by molar-refractivity contribution is 0.669. The maximum Gasteiger partial charge on any atom is 0.167 e. The zero-order chi connectivity index (χ0) is 33.4. The van der Waals surface area contributed by atoms with E-state index in [0.717, 1.165) is 43.8 Å². The molecule has 0 bridgehead atoms. The molecule has 5 nitrogen and oxygen atoms in total. The van der Waals surface area contributed by atoms with E-state index in [-0.39, 0.29) is 29.7 Å².